The molecule has 0 radical (unpaired) electrons. The van der Waals surface area contributed by atoms with Gasteiger partial charge in [-0.1, -0.05) is 87.9 Å². The maximum atomic E-state index is 12.4. The average Bonchev–Trinajstić information content (AvgIpc) is 3.76. The minimum absolute atomic E-state index is 0. The summed E-state index contributed by atoms with van der Waals surface area (Å²) in [5.41, 5.74) is 15.4. The fraction of sp³-hybridized carbons (Fsp3) is 0.544. The number of hydrogen-bond donors (Lipinski definition) is 8. The van der Waals surface area contributed by atoms with Crippen molar-refractivity contribution in [3.05, 3.63) is 94.1 Å². The topological polar surface area (TPSA) is 356 Å². The number of hydrogen-bond acceptors (Lipinski definition) is 20. The van der Waals surface area contributed by atoms with E-state index in [0.29, 0.717) is 77.1 Å². The second-order valence-electron chi connectivity index (χ2n) is 20.8. The molecule has 4 aliphatic heterocycles. The third-order valence-electron chi connectivity index (χ3n) is 15.0. The van der Waals surface area contributed by atoms with Crippen LogP contribution in [-0.2, 0) is 48.2 Å². The number of aryl methyl sites for hydroxylation is 1. The first kappa shape index (κ1) is 64.7. The number of piperidine rings is 2. The number of rotatable bonds is 16. The molecular weight excluding hydrogens is 1200 g/mol. The fourth-order valence-corrected chi connectivity index (χ4v) is 11.0. The van der Waals surface area contributed by atoms with Crippen molar-refractivity contribution < 1.29 is 58.6 Å². The van der Waals surface area contributed by atoms with Crippen LogP contribution in [0.25, 0.3) is 22.3 Å². The Bertz CT molecular complexity index is 3090. The van der Waals surface area contributed by atoms with E-state index in [9.17, 15) is 39.6 Å². The van der Waals surface area contributed by atoms with Crippen LogP contribution in [0.3, 0.4) is 0 Å². The Balaban J connectivity index is 0.000000198. The number of fused-ring (bicyclic) bond motifs is 2. The van der Waals surface area contributed by atoms with Crippen molar-refractivity contribution in [3.8, 4) is 0 Å². The van der Waals surface area contributed by atoms with Gasteiger partial charge >= 0.3 is 12.2 Å². The molecule has 4 fully saturated rings. The molecule has 8 atom stereocenters. The highest BCUT2D eigenvalue weighted by Gasteiger charge is 2.49. The minimum atomic E-state index is -1.40. The van der Waals surface area contributed by atoms with Crippen molar-refractivity contribution in [1.82, 2.24) is 59.5 Å². The van der Waals surface area contributed by atoms with Crippen LogP contribution >= 0.6 is 22.6 Å². The van der Waals surface area contributed by atoms with Gasteiger partial charge in [-0.05, 0) is 75.3 Å². The first-order chi connectivity index (χ1) is 40.1. The Morgan fingerprint density at radius 3 is 1.49 bits per heavy atom. The predicted molar refractivity (Wildman–Crippen MR) is 318 cm³/mol. The van der Waals surface area contributed by atoms with Gasteiger partial charge in [0.1, 0.15) is 54.5 Å². The number of halogens is 1. The van der Waals surface area contributed by atoms with E-state index >= 15 is 0 Å². The molecule has 26 nitrogen and oxygen atoms in total. The van der Waals surface area contributed by atoms with Crippen LogP contribution in [0.1, 0.15) is 109 Å². The molecular formula is C57H79IN14O12. The van der Waals surface area contributed by atoms with Crippen molar-refractivity contribution in [1.29, 1.82) is 0 Å². The molecule has 84 heavy (non-hydrogen) atoms. The Morgan fingerprint density at radius 1 is 0.619 bits per heavy atom. The first-order valence-electron chi connectivity index (χ1n) is 28.2. The van der Waals surface area contributed by atoms with E-state index in [2.05, 4.69) is 47.5 Å². The average molecular weight is 1280 g/mol. The summed E-state index contributed by atoms with van der Waals surface area (Å²) in [6.07, 6.45) is 1.41. The zero-order chi connectivity index (χ0) is 59.2. The summed E-state index contributed by atoms with van der Waals surface area (Å²) in [5.74, 6) is 1.22. The van der Waals surface area contributed by atoms with E-state index in [0.717, 1.165) is 68.7 Å². The molecule has 0 spiro atoms. The van der Waals surface area contributed by atoms with Gasteiger partial charge in [0.15, 0.2) is 51.4 Å². The number of nitrogens with one attached hydrogen (secondary N) is 2. The number of nitrogen functional groups attached to an aromatic ring is 2. The molecule has 456 valence electrons. The number of nitrogens with two attached hydrogens (primary N) is 2. The second kappa shape index (κ2) is 30.8. The van der Waals surface area contributed by atoms with Gasteiger partial charge in [0.25, 0.3) is 11.8 Å². The zero-order valence-electron chi connectivity index (χ0n) is 46.8. The smallest absolute Gasteiger partial charge is 0.410 e. The molecule has 4 saturated heterocycles. The molecule has 4 aromatic heterocycles. The molecule has 10 N–H and O–H groups in total. The first-order valence-corrected chi connectivity index (χ1v) is 29.3. The van der Waals surface area contributed by atoms with E-state index in [4.69, 9.17) is 30.4 Å². The Labute approximate surface area is 501 Å². The Hall–Kier alpha value is -6.89. The number of ether oxygens (including phenoxy) is 4. The van der Waals surface area contributed by atoms with E-state index < -0.39 is 60.9 Å². The number of anilines is 2. The summed E-state index contributed by atoms with van der Waals surface area (Å²) < 4.78 is 25.4. The maximum absolute atomic E-state index is 12.4. The molecule has 2 unspecified atom stereocenters. The molecule has 0 bridgehead atoms. The number of nitrogens with zero attached hydrogens (tertiary/aromatic N) is 10. The van der Waals surface area contributed by atoms with E-state index in [-0.39, 0.29) is 37.9 Å². The number of carbonyl (C=O) groups is 4. The molecule has 27 heteroatoms. The number of amides is 4. The lowest BCUT2D eigenvalue weighted by atomic mass is 9.91. The number of aromatic nitrogens is 8. The molecule has 10 rings (SSSR count). The van der Waals surface area contributed by atoms with Crippen LogP contribution in [-0.4, -0.2) is 169 Å². The third kappa shape index (κ3) is 16.1. The van der Waals surface area contributed by atoms with E-state index in [1.807, 2.05) is 88.2 Å². The van der Waals surface area contributed by atoms with Crippen LogP contribution in [0.5, 0.6) is 0 Å². The fourth-order valence-electron chi connectivity index (χ4n) is 10.5. The van der Waals surface area contributed by atoms with Gasteiger partial charge in [0.05, 0.1) is 12.7 Å². The molecule has 6 aromatic rings. The van der Waals surface area contributed by atoms with Crippen LogP contribution in [0.4, 0.5) is 21.2 Å². The van der Waals surface area contributed by atoms with Gasteiger partial charge in [-0.15, -0.1) is 0 Å². The number of likely N-dealkylation sites (N-methyl/N-ethyl adjacent to an activating group) is 2. The lowest BCUT2D eigenvalue weighted by molar-refractivity contribution is -0.138. The number of imidazole rings is 2. The van der Waals surface area contributed by atoms with Crippen molar-refractivity contribution in [2.24, 2.45) is 11.8 Å². The van der Waals surface area contributed by atoms with Crippen LogP contribution in [0.15, 0.2) is 73.3 Å². The zero-order valence-corrected chi connectivity index (χ0v) is 48.9. The molecule has 8 heterocycles. The van der Waals surface area contributed by atoms with Gasteiger partial charge in [0, 0.05) is 68.3 Å². The standard InChI is InChI=1S/C28H37N7O6.C16H23NO2.C12H15IN6O4.CH4/c1-2-30-26(38)23-21(36)22(37)27(41-23)35-16-31-20-24(29)32-19(33-25(20)35)10-6-9-17-11-13-34(14-12-17)28(39)40-15-18-7-4-3-5-8-18;1-2-6-14-9-11-17(12-10-14)16(18)19-13-15-7-4-3-5-8-15;1-2-15-10(22)7-5(20)6(21)11(23-7)19-3-16-4-8(14)17-12(13)18-9(4)19;/h3-5,7-8,16-17,21-23,27,36-37H,2,6,9-15H2,1H3,(H,30,38)(H2,29,32,33);3-5,7-8,14H,2,6,9-13H2,1H3;3,5-7,11,20-21H,2H2,1H3,(H,15,22)(H2,14,17,18);1H4/t21?,22-,23-,27+;;5?,6-,7-,11+;/m0.0./s1. The van der Waals surface area contributed by atoms with Gasteiger partial charge < -0.3 is 71.3 Å². The minimum Gasteiger partial charge on any atom is -0.445 e. The number of likely N-dealkylation sites (tertiary alicyclic amines) is 2. The highest BCUT2D eigenvalue weighted by Crippen LogP contribution is 2.34. The number of aliphatic hydroxyl groups excluding tert-OH is 4. The van der Waals surface area contributed by atoms with Gasteiger partial charge in [-0.2, -0.15) is 0 Å². The summed E-state index contributed by atoms with van der Waals surface area (Å²) in [6, 6.07) is 19.5. The number of aliphatic hydroxyl groups is 4. The van der Waals surface area contributed by atoms with Crippen LogP contribution < -0.4 is 22.1 Å². The van der Waals surface area contributed by atoms with Gasteiger partial charge in [-0.3, -0.25) is 18.7 Å². The summed E-state index contributed by atoms with van der Waals surface area (Å²) in [4.78, 5) is 77.8. The molecule has 0 saturated carbocycles. The normalized spacial score (nSPS) is 22.5. The van der Waals surface area contributed by atoms with E-state index in [1.54, 1.807) is 18.7 Å². The van der Waals surface area contributed by atoms with Crippen molar-refractivity contribution in [3.63, 3.8) is 0 Å². The quantitative estimate of drug-likeness (QED) is 0.0477. The molecule has 4 aliphatic rings. The monoisotopic (exact) mass is 1280 g/mol. The number of carbonyl (C=O) groups excluding carboxylic acids is 4. The Kier molecular flexibility index (Phi) is 23.7. The lowest BCUT2D eigenvalue weighted by Crippen LogP contribution is -2.42. The highest BCUT2D eigenvalue weighted by atomic mass is 127. The highest BCUT2D eigenvalue weighted by molar-refractivity contribution is 14.1. The second-order valence-corrected chi connectivity index (χ2v) is 21.8. The lowest BCUT2D eigenvalue weighted by Gasteiger charge is -2.31. The summed E-state index contributed by atoms with van der Waals surface area (Å²) in [6.45, 7) is 10.1. The van der Waals surface area contributed by atoms with Gasteiger partial charge in [0.2, 0.25) is 0 Å². The van der Waals surface area contributed by atoms with Crippen molar-refractivity contribution >= 4 is 80.6 Å². The largest absolute Gasteiger partial charge is 0.445 e. The molecule has 2 aromatic carbocycles. The molecule has 4 amide bonds. The third-order valence-corrected chi connectivity index (χ3v) is 15.5. The predicted octanol–water partition coefficient (Wildman–Crippen LogP) is 4.78. The maximum Gasteiger partial charge on any atom is 0.410 e. The molecule has 0 aliphatic carbocycles. The summed E-state index contributed by atoms with van der Waals surface area (Å²) in [5, 5.41) is 46.5. The summed E-state index contributed by atoms with van der Waals surface area (Å²) in [7, 11) is 0. The Morgan fingerprint density at radius 2 is 1.05 bits per heavy atom. The van der Waals surface area contributed by atoms with E-state index in [1.165, 1.54) is 34.6 Å². The van der Waals surface area contributed by atoms with Gasteiger partial charge in [-0.25, -0.2) is 39.5 Å². The summed E-state index contributed by atoms with van der Waals surface area (Å²) >= 11 is 1.91. The van der Waals surface area contributed by atoms with Crippen LogP contribution in [0.2, 0.25) is 0 Å². The van der Waals surface area contributed by atoms with Crippen molar-refractivity contribution in [2.75, 3.05) is 50.7 Å². The SMILES string of the molecule is C.CCCC1CCN(C(=O)OCc2ccccc2)CC1.CCNC(=O)[C@H]1O[C@@H](n2cnc3c(N)nc(CCCC4CCN(C(=O)OCc5ccccc5)CC4)nc32)[C@@H](O)C1O.CCNC(=O)[C@H]1O[C@@H](n2cnc3c(N)nc(I)nc32)[C@@H](O)C1O. The van der Waals surface area contributed by atoms with Crippen molar-refractivity contribution in [2.45, 2.75) is 148 Å². The van der Waals surface area contributed by atoms with Crippen LogP contribution in [0, 0.1) is 15.7 Å². The number of benzene rings is 2.